The number of ketones is 1. The van der Waals surface area contributed by atoms with Gasteiger partial charge in [-0.05, 0) is 60.7 Å². The topological polar surface area (TPSA) is 53.0 Å². The number of nitrogens with zero attached hydrogens (tertiary/aromatic N) is 2. The Hall–Kier alpha value is -2.80. The van der Waals surface area contributed by atoms with Crippen molar-refractivity contribution in [3.63, 3.8) is 0 Å². The monoisotopic (exact) mass is 480 g/mol. The molecule has 33 heavy (non-hydrogen) atoms. The largest absolute Gasteiger partial charge is 0.507 e. The maximum absolute atomic E-state index is 13.1. The third-order valence-corrected chi connectivity index (χ3v) is 7.51. The highest BCUT2D eigenvalue weighted by Gasteiger charge is 2.34. The number of carbonyl (C=O) groups excluding carboxylic acids is 1. The van der Waals surface area contributed by atoms with Gasteiger partial charge >= 0.3 is 0 Å². The number of hydrogen-bond acceptors (Lipinski definition) is 6. The first-order chi connectivity index (χ1) is 15.9. The Morgan fingerprint density at radius 2 is 1.91 bits per heavy atom. The molecule has 2 aromatic carbocycles. The fourth-order valence-electron chi connectivity index (χ4n) is 4.44. The number of aromatic hydroxyl groups is 1. The van der Waals surface area contributed by atoms with E-state index >= 15 is 0 Å². The molecule has 1 N–H and O–H groups in total. The number of thiophene rings is 1. The molecule has 3 aromatic rings. The molecule has 0 spiro atoms. The Labute approximate surface area is 202 Å². The predicted molar refractivity (Wildman–Crippen MR) is 134 cm³/mol. The molecule has 2 aliphatic heterocycles. The quantitative estimate of drug-likeness (QED) is 0.488. The van der Waals surface area contributed by atoms with Crippen molar-refractivity contribution in [1.29, 1.82) is 0 Å². The highest BCUT2D eigenvalue weighted by molar-refractivity contribution is 7.11. The van der Waals surface area contributed by atoms with Crippen molar-refractivity contribution in [2.75, 3.05) is 31.1 Å². The van der Waals surface area contributed by atoms with E-state index in [2.05, 4.69) is 15.9 Å². The Kier molecular flexibility index (Phi) is 5.91. The van der Waals surface area contributed by atoms with Gasteiger partial charge in [-0.15, -0.1) is 11.3 Å². The molecule has 1 saturated heterocycles. The zero-order chi connectivity index (χ0) is 23.1. The van der Waals surface area contributed by atoms with E-state index in [1.54, 1.807) is 17.4 Å². The minimum atomic E-state index is -0.123. The number of Topliss-reactive ketones (excluding diaryl/α,β-unsaturated/α-hetero) is 1. The number of phenolic OH excluding ortho intramolecular Hbond substituents is 1. The number of carbonyl (C=O) groups is 1. The number of anilines is 1. The van der Waals surface area contributed by atoms with Crippen LogP contribution in [0.2, 0.25) is 5.02 Å². The molecule has 1 aromatic heterocycles. The summed E-state index contributed by atoms with van der Waals surface area (Å²) in [4.78, 5) is 18.7. The first-order valence-corrected chi connectivity index (χ1v) is 12.2. The molecule has 0 amide bonds. The third kappa shape index (κ3) is 4.26. The molecular weight excluding hydrogens is 456 g/mol. The lowest BCUT2D eigenvalue weighted by molar-refractivity contribution is 0.101. The highest BCUT2D eigenvalue weighted by atomic mass is 35.5. The molecule has 0 atom stereocenters. The summed E-state index contributed by atoms with van der Waals surface area (Å²) in [7, 11) is 0. The standard InChI is InChI=1S/C26H25ClN2O3S/c1-16-6-11-33-23(16)14-22-25(31)24-17(2)12-21(30)20(26(24)32-22)15-28-7-9-29(10-8-28)19-5-3-4-18(27)13-19/h3-6,11-14,30H,7-10,15H2,1-2H3/b22-14-. The van der Waals surface area contributed by atoms with E-state index in [9.17, 15) is 9.90 Å². The van der Waals surface area contributed by atoms with Crippen molar-refractivity contribution in [1.82, 2.24) is 4.90 Å². The molecule has 5 rings (SSSR count). The Morgan fingerprint density at radius 1 is 1.12 bits per heavy atom. The van der Waals surface area contributed by atoms with Gasteiger partial charge in [-0.25, -0.2) is 0 Å². The highest BCUT2D eigenvalue weighted by Crippen LogP contribution is 2.42. The van der Waals surface area contributed by atoms with Gasteiger partial charge in [0.25, 0.3) is 0 Å². The summed E-state index contributed by atoms with van der Waals surface area (Å²) in [5.41, 5.74) is 4.19. The van der Waals surface area contributed by atoms with Crippen molar-refractivity contribution in [2.24, 2.45) is 0 Å². The van der Waals surface area contributed by atoms with E-state index in [4.69, 9.17) is 16.3 Å². The van der Waals surface area contributed by atoms with Crippen LogP contribution in [0, 0.1) is 13.8 Å². The average molecular weight is 481 g/mol. The molecule has 0 aliphatic carbocycles. The summed E-state index contributed by atoms with van der Waals surface area (Å²) in [5.74, 6) is 0.860. The van der Waals surface area contributed by atoms with E-state index in [0.717, 1.165) is 52.9 Å². The summed E-state index contributed by atoms with van der Waals surface area (Å²) in [6, 6.07) is 11.6. The predicted octanol–water partition coefficient (Wildman–Crippen LogP) is 5.66. The van der Waals surface area contributed by atoms with Gasteiger partial charge in [0.1, 0.15) is 11.5 Å². The number of halogens is 1. The van der Waals surface area contributed by atoms with Gasteiger partial charge in [0, 0.05) is 54.4 Å². The van der Waals surface area contributed by atoms with Crippen LogP contribution in [-0.2, 0) is 6.54 Å². The van der Waals surface area contributed by atoms with E-state index in [1.807, 2.05) is 49.6 Å². The van der Waals surface area contributed by atoms with Crippen molar-refractivity contribution in [2.45, 2.75) is 20.4 Å². The number of hydrogen-bond donors (Lipinski definition) is 1. The summed E-state index contributed by atoms with van der Waals surface area (Å²) in [6.45, 7) is 7.76. The normalized spacial score (nSPS) is 17.5. The summed E-state index contributed by atoms with van der Waals surface area (Å²) < 4.78 is 6.09. The van der Waals surface area contributed by atoms with Gasteiger partial charge in [0.2, 0.25) is 5.78 Å². The lowest BCUT2D eigenvalue weighted by atomic mass is 9.99. The molecule has 0 radical (unpaired) electrons. The summed E-state index contributed by atoms with van der Waals surface area (Å²) in [6.07, 6.45) is 1.81. The van der Waals surface area contributed by atoms with Gasteiger partial charge < -0.3 is 14.7 Å². The average Bonchev–Trinajstić information content (AvgIpc) is 3.35. The fourth-order valence-corrected chi connectivity index (χ4v) is 5.48. The van der Waals surface area contributed by atoms with Gasteiger partial charge in [-0.3, -0.25) is 9.69 Å². The number of piperazine rings is 1. The van der Waals surface area contributed by atoms with Crippen molar-refractivity contribution in [3.8, 4) is 11.5 Å². The molecule has 1 fully saturated rings. The van der Waals surface area contributed by atoms with Crippen LogP contribution in [0.4, 0.5) is 5.69 Å². The third-order valence-electron chi connectivity index (χ3n) is 6.31. The number of allylic oxidation sites excluding steroid dienone is 1. The summed E-state index contributed by atoms with van der Waals surface area (Å²) in [5, 5.41) is 13.5. The van der Waals surface area contributed by atoms with E-state index < -0.39 is 0 Å². The lowest BCUT2D eigenvalue weighted by Gasteiger charge is -2.36. The maximum Gasteiger partial charge on any atom is 0.232 e. The fraction of sp³-hybridized carbons (Fsp3) is 0.269. The second-order valence-electron chi connectivity index (χ2n) is 8.55. The van der Waals surface area contributed by atoms with Crippen LogP contribution in [0.5, 0.6) is 11.5 Å². The molecule has 7 heteroatoms. The smallest absolute Gasteiger partial charge is 0.232 e. The molecule has 2 aliphatic rings. The Bertz CT molecular complexity index is 1260. The van der Waals surface area contributed by atoms with E-state index in [0.29, 0.717) is 29.2 Å². The number of benzene rings is 2. The van der Waals surface area contributed by atoms with Crippen LogP contribution in [0.3, 0.4) is 0 Å². The van der Waals surface area contributed by atoms with Crippen molar-refractivity contribution in [3.05, 3.63) is 79.7 Å². The second kappa shape index (κ2) is 8.86. The van der Waals surface area contributed by atoms with Crippen molar-refractivity contribution >= 4 is 40.5 Å². The van der Waals surface area contributed by atoms with Gasteiger partial charge in [0.05, 0.1) is 11.1 Å². The van der Waals surface area contributed by atoms with Gasteiger partial charge in [-0.2, -0.15) is 0 Å². The minimum absolute atomic E-state index is 0.123. The van der Waals surface area contributed by atoms with Crippen LogP contribution < -0.4 is 9.64 Å². The molecule has 5 nitrogen and oxygen atoms in total. The zero-order valence-electron chi connectivity index (χ0n) is 18.6. The number of rotatable bonds is 4. The molecule has 0 bridgehead atoms. The van der Waals surface area contributed by atoms with Gasteiger partial charge in [-0.1, -0.05) is 17.7 Å². The zero-order valence-corrected chi connectivity index (χ0v) is 20.2. The number of fused-ring (bicyclic) bond motifs is 1. The number of phenols is 1. The minimum Gasteiger partial charge on any atom is -0.507 e. The van der Waals surface area contributed by atoms with E-state index in [1.165, 1.54) is 0 Å². The molecule has 170 valence electrons. The Balaban J connectivity index is 1.36. The summed E-state index contributed by atoms with van der Waals surface area (Å²) >= 11 is 7.73. The molecular formula is C26H25ClN2O3S. The second-order valence-corrected chi connectivity index (χ2v) is 9.93. The van der Waals surface area contributed by atoms with Crippen LogP contribution in [0.1, 0.15) is 31.9 Å². The Morgan fingerprint density at radius 3 is 2.61 bits per heavy atom. The van der Waals surface area contributed by atoms with Crippen LogP contribution in [0.15, 0.2) is 47.5 Å². The lowest BCUT2D eigenvalue weighted by Crippen LogP contribution is -2.46. The first-order valence-electron chi connectivity index (χ1n) is 11.0. The number of ether oxygens (including phenoxy) is 1. The molecule has 0 saturated carbocycles. The van der Waals surface area contributed by atoms with Crippen LogP contribution in [-0.4, -0.2) is 42.0 Å². The molecule has 0 unspecified atom stereocenters. The van der Waals surface area contributed by atoms with Crippen molar-refractivity contribution < 1.29 is 14.6 Å². The maximum atomic E-state index is 13.1. The SMILES string of the molecule is Cc1ccsc1/C=C1\Oc2c(CN3CCN(c4cccc(Cl)c4)CC3)c(O)cc(C)c2C1=O. The van der Waals surface area contributed by atoms with E-state index in [-0.39, 0.29) is 11.5 Å². The molecule has 3 heterocycles. The van der Waals surface area contributed by atoms with Crippen LogP contribution in [0.25, 0.3) is 6.08 Å². The van der Waals surface area contributed by atoms with Crippen LogP contribution >= 0.6 is 22.9 Å². The number of aryl methyl sites for hydroxylation is 2. The van der Waals surface area contributed by atoms with Gasteiger partial charge in [0.15, 0.2) is 5.76 Å². The first kappa shape index (κ1) is 22.0.